The number of allylic oxidation sites excluding steroid dienone is 2. The van der Waals surface area contributed by atoms with Crippen molar-refractivity contribution in [1.82, 2.24) is 39.6 Å². The average molecular weight is 862 g/mol. The molecule has 6 N–H and O–H groups in total. The molecule has 3 aromatic heterocycles. The number of nitrogens with two attached hydrogens (primary N) is 1. The Morgan fingerprint density at radius 3 is 2.40 bits per heavy atom. The van der Waals surface area contributed by atoms with Gasteiger partial charge >= 0.3 is 6.09 Å². The van der Waals surface area contributed by atoms with Gasteiger partial charge in [-0.3, -0.25) is 14.5 Å². The van der Waals surface area contributed by atoms with Crippen LogP contribution in [0.25, 0.3) is 44.7 Å². The summed E-state index contributed by atoms with van der Waals surface area (Å²) in [7, 11) is 1.30. The van der Waals surface area contributed by atoms with Crippen LogP contribution < -0.4 is 15.8 Å². The lowest BCUT2D eigenvalue weighted by molar-refractivity contribution is -0.134. The fraction of sp³-hybridized carbons (Fsp3) is 0.468. The number of alkyl carbamates (subject to hydrolysis) is 1. The Balaban J connectivity index is 1.03. The first-order valence-electron chi connectivity index (χ1n) is 22.1. The molecule has 1 aliphatic carbocycles. The van der Waals surface area contributed by atoms with Crippen molar-refractivity contribution in [1.29, 1.82) is 0 Å². The summed E-state index contributed by atoms with van der Waals surface area (Å²) in [6, 6.07) is 9.71. The minimum absolute atomic E-state index is 0.000387. The summed E-state index contributed by atoms with van der Waals surface area (Å²) in [4.78, 5) is 58.3. The number of carbonyl (C=O) groups excluding carboxylic acids is 3. The van der Waals surface area contributed by atoms with Crippen molar-refractivity contribution >= 4 is 28.7 Å². The predicted octanol–water partition coefficient (Wildman–Crippen LogP) is 7.14. The van der Waals surface area contributed by atoms with Gasteiger partial charge in [-0.15, -0.1) is 0 Å². The van der Waals surface area contributed by atoms with E-state index < -0.39 is 36.4 Å². The summed E-state index contributed by atoms with van der Waals surface area (Å²) >= 11 is 0. The maximum atomic E-state index is 16.7. The third-order valence-electron chi connectivity index (χ3n) is 13.4. The van der Waals surface area contributed by atoms with Crippen LogP contribution in [0.2, 0.25) is 0 Å². The molecular weight excluding hydrogens is 806 g/mol. The van der Waals surface area contributed by atoms with Crippen LogP contribution in [-0.2, 0) is 14.3 Å². The zero-order valence-electron chi connectivity index (χ0n) is 36.3. The molecule has 2 amide bonds. The molecule has 4 aliphatic rings. The van der Waals surface area contributed by atoms with E-state index in [1.807, 2.05) is 73.6 Å². The average Bonchev–Trinajstić information content (AvgIpc) is 4.13. The highest BCUT2D eigenvalue weighted by Crippen LogP contribution is 2.49. The lowest BCUT2D eigenvalue weighted by atomic mass is 9.90. The van der Waals surface area contributed by atoms with Crippen molar-refractivity contribution in [2.75, 3.05) is 20.2 Å². The number of hydrogen-bond donors (Lipinski definition) is 5. The summed E-state index contributed by atoms with van der Waals surface area (Å²) in [5, 5.41) is 15.2. The number of fused-ring (bicyclic) bond motifs is 5. The Morgan fingerprint density at radius 2 is 1.68 bits per heavy atom. The second-order valence-corrected chi connectivity index (χ2v) is 18.1. The standard InChI is InChI=1S/C47H56FN9O6/c1-24(2)40(49)44(59)55-15-7-11-35(55)42-51-23-33(53-42)28-19-31(48)39-37-20-29-17-26(13-14-34(29)57(37)46(63-38(39)21-28)27-9-6-10-30(58)18-27)32-22-50-43(52-32)36-12-8-16-56(36)45(60)41(25(3)4)54-47(61)62-5/h6,10,13-14,17,19-25,27,35-36,40-41,45-46,60H,7-9,11-12,15-16,18,49H2,1-5H3,(H,50,52)(H,51,53)(H,54,61). The van der Waals surface area contributed by atoms with Gasteiger partial charge in [-0.2, -0.15) is 0 Å². The number of H-pyrrole nitrogens is 2. The quantitative estimate of drug-likeness (QED) is 0.0911. The van der Waals surface area contributed by atoms with Crippen molar-refractivity contribution in [3.63, 3.8) is 0 Å². The number of methoxy groups -OCH3 is 1. The molecule has 0 spiro atoms. The van der Waals surface area contributed by atoms with E-state index in [1.165, 1.54) is 13.2 Å². The summed E-state index contributed by atoms with van der Waals surface area (Å²) in [6.45, 7) is 8.99. The number of ketones is 1. The van der Waals surface area contributed by atoms with E-state index in [0.717, 1.165) is 47.8 Å². The number of aliphatic hydroxyl groups is 1. The fourth-order valence-electron chi connectivity index (χ4n) is 9.92. The highest BCUT2D eigenvalue weighted by atomic mass is 19.1. The minimum Gasteiger partial charge on any atom is -0.469 e. The number of aromatic amines is 2. The van der Waals surface area contributed by atoms with Gasteiger partial charge < -0.3 is 45.1 Å². The Bertz CT molecular complexity index is 2580. The molecule has 7 atom stereocenters. The smallest absolute Gasteiger partial charge is 0.407 e. The van der Waals surface area contributed by atoms with E-state index in [2.05, 4.69) is 20.3 Å². The van der Waals surface area contributed by atoms with Crippen molar-refractivity contribution in [3.05, 3.63) is 78.4 Å². The first-order chi connectivity index (χ1) is 30.3. The van der Waals surface area contributed by atoms with Crippen LogP contribution in [0.4, 0.5) is 9.18 Å². The molecule has 63 heavy (non-hydrogen) atoms. The fourth-order valence-corrected chi connectivity index (χ4v) is 9.92. The lowest BCUT2D eigenvalue weighted by Gasteiger charge is -2.35. The third kappa shape index (κ3) is 7.82. The van der Waals surface area contributed by atoms with Crippen LogP contribution >= 0.6 is 0 Å². The monoisotopic (exact) mass is 861 g/mol. The van der Waals surface area contributed by atoms with Gasteiger partial charge in [0.15, 0.2) is 12.0 Å². The number of likely N-dealkylation sites (tertiary alicyclic amines) is 2. The molecule has 9 rings (SSSR count). The van der Waals surface area contributed by atoms with Gasteiger partial charge in [-0.1, -0.05) is 39.8 Å². The van der Waals surface area contributed by atoms with Crippen LogP contribution in [0.15, 0.2) is 60.9 Å². The van der Waals surface area contributed by atoms with E-state index in [4.69, 9.17) is 20.2 Å². The number of rotatable bonds is 11. The number of hydrogen-bond acceptors (Lipinski definition) is 10. The normalized spacial score (nSPS) is 22.6. The number of benzene rings is 2. The molecule has 15 nitrogen and oxygen atoms in total. The molecule has 0 radical (unpaired) electrons. The third-order valence-corrected chi connectivity index (χ3v) is 13.4. The van der Waals surface area contributed by atoms with E-state index in [1.54, 1.807) is 23.4 Å². The predicted molar refractivity (Wildman–Crippen MR) is 234 cm³/mol. The van der Waals surface area contributed by atoms with Gasteiger partial charge in [-0.05, 0) is 80.3 Å². The topological polar surface area (TPSA) is 197 Å². The SMILES string of the molecule is COC(=O)NC(C(C)C)C(O)N1CCCC1c1ncc(-c2ccc3c(c2)cc2n3C(C3CC=CC(=O)C3)Oc3cc(-c4cnc(C5CCCN5C(=O)C(N)C(C)C)[nH]4)cc(F)c3-2)[nH]1. The van der Waals surface area contributed by atoms with Crippen LogP contribution in [-0.4, -0.2) is 95.7 Å². The van der Waals surface area contributed by atoms with E-state index in [0.29, 0.717) is 59.4 Å². The number of nitrogens with one attached hydrogen (secondary N) is 3. The van der Waals surface area contributed by atoms with Gasteiger partial charge in [0.1, 0.15) is 29.4 Å². The van der Waals surface area contributed by atoms with Gasteiger partial charge in [0.2, 0.25) is 5.91 Å². The molecular formula is C47H56FN9O6. The van der Waals surface area contributed by atoms with Crippen molar-refractivity contribution in [2.24, 2.45) is 23.5 Å². The second kappa shape index (κ2) is 17.0. The molecule has 332 valence electrons. The highest BCUT2D eigenvalue weighted by molar-refractivity contribution is 5.93. The summed E-state index contributed by atoms with van der Waals surface area (Å²) < 4.78 is 30.4. The van der Waals surface area contributed by atoms with Crippen LogP contribution in [0, 0.1) is 23.6 Å². The maximum Gasteiger partial charge on any atom is 0.407 e. The zero-order chi connectivity index (χ0) is 44.3. The minimum atomic E-state index is -0.954. The summed E-state index contributed by atoms with van der Waals surface area (Å²) in [5.74, 6) is 0.902. The molecule has 3 aliphatic heterocycles. The summed E-state index contributed by atoms with van der Waals surface area (Å²) in [6.07, 6.45) is 8.92. The second-order valence-electron chi connectivity index (χ2n) is 18.1. The van der Waals surface area contributed by atoms with Gasteiger partial charge in [0.05, 0.1) is 71.8 Å². The van der Waals surface area contributed by atoms with Crippen molar-refractivity contribution in [3.8, 4) is 39.5 Å². The Labute approximate surface area is 365 Å². The number of nitrogens with zero attached hydrogens (tertiary/aromatic N) is 5. The largest absolute Gasteiger partial charge is 0.469 e. The molecule has 5 aromatic rings. The number of ether oxygens (including phenoxy) is 2. The van der Waals surface area contributed by atoms with Crippen molar-refractivity contribution in [2.45, 2.75) is 103 Å². The van der Waals surface area contributed by atoms with Crippen LogP contribution in [0.5, 0.6) is 5.75 Å². The number of aliphatic hydroxyl groups excluding tert-OH is 1. The number of amides is 2. The molecule has 7 unspecified atom stereocenters. The van der Waals surface area contributed by atoms with E-state index in [-0.39, 0.29) is 47.9 Å². The zero-order valence-corrected chi connectivity index (χ0v) is 36.3. The van der Waals surface area contributed by atoms with E-state index >= 15 is 4.39 Å². The Kier molecular flexibility index (Phi) is 11.5. The molecule has 0 bridgehead atoms. The number of carbonyl (C=O) groups is 3. The molecule has 16 heteroatoms. The van der Waals surface area contributed by atoms with Gasteiger partial charge in [0.25, 0.3) is 0 Å². The van der Waals surface area contributed by atoms with Gasteiger partial charge in [-0.25, -0.2) is 19.2 Å². The first kappa shape index (κ1) is 42.5. The highest BCUT2D eigenvalue weighted by Gasteiger charge is 2.40. The lowest BCUT2D eigenvalue weighted by Crippen LogP contribution is -2.54. The molecule has 2 fully saturated rings. The Hall–Kier alpha value is -5.84. The van der Waals surface area contributed by atoms with E-state index in [9.17, 15) is 19.5 Å². The first-order valence-corrected chi connectivity index (χ1v) is 22.1. The molecule has 6 heterocycles. The molecule has 0 saturated carbocycles. The molecule has 2 aromatic carbocycles. The van der Waals surface area contributed by atoms with Crippen molar-refractivity contribution < 1.29 is 33.4 Å². The van der Waals surface area contributed by atoms with Crippen LogP contribution in [0.1, 0.15) is 96.2 Å². The van der Waals surface area contributed by atoms with Gasteiger partial charge in [0, 0.05) is 41.9 Å². The summed E-state index contributed by atoms with van der Waals surface area (Å²) in [5.41, 5.74) is 10.9. The number of imidazole rings is 2. The van der Waals surface area contributed by atoms with Crippen LogP contribution in [0.3, 0.4) is 0 Å². The molecule has 2 saturated heterocycles. The Morgan fingerprint density at radius 1 is 0.968 bits per heavy atom. The number of halogens is 1. The number of aromatic nitrogens is 5. The maximum absolute atomic E-state index is 16.7.